The van der Waals surface area contributed by atoms with E-state index in [-0.39, 0.29) is 4.90 Å². The number of rotatable bonds is 4. The van der Waals surface area contributed by atoms with Crippen LogP contribution in [0, 0.1) is 13.8 Å². The Morgan fingerprint density at radius 1 is 0.724 bits per heavy atom. The van der Waals surface area contributed by atoms with Crippen LogP contribution in [0.25, 0.3) is 32.7 Å². The third-order valence-electron chi connectivity index (χ3n) is 5.04. The molecule has 0 amide bonds. The summed E-state index contributed by atoms with van der Waals surface area (Å²) in [5, 5.41) is 3.61. The average Bonchev–Trinajstić information content (AvgIpc) is 2.71. The number of hydrogen-bond donors (Lipinski definition) is 1. The van der Waals surface area contributed by atoms with Gasteiger partial charge in [-0.1, -0.05) is 59.7 Å². The minimum absolute atomic E-state index is 0.281. The fourth-order valence-electron chi connectivity index (χ4n) is 3.75. The zero-order chi connectivity index (χ0) is 20.7. The molecule has 0 saturated carbocycles. The van der Waals surface area contributed by atoms with Crippen molar-refractivity contribution in [3.05, 3.63) is 71.8 Å². The van der Waals surface area contributed by atoms with Gasteiger partial charge in [0.05, 0.1) is 16.9 Å². The van der Waals surface area contributed by atoms with E-state index in [1.165, 1.54) is 7.11 Å². The molecule has 0 radical (unpaired) electrons. The van der Waals surface area contributed by atoms with Crippen LogP contribution in [-0.4, -0.2) is 20.1 Å². The van der Waals surface area contributed by atoms with E-state index in [2.05, 4.69) is 0 Å². The largest absolute Gasteiger partial charge is 0.302 e. The Bertz CT molecular complexity index is 1310. The molecule has 0 aromatic heterocycles. The fourth-order valence-corrected chi connectivity index (χ4v) is 5.06. The van der Waals surface area contributed by atoms with Gasteiger partial charge >= 0.3 is 0 Å². The van der Waals surface area contributed by atoms with E-state index in [4.69, 9.17) is 4.18 Å². The lowest BCUT2D eigenvalue weighted by Crippen LogP contribution is -2.01. The summed E-state index contributed by atoms with van der Waals surface area (Å²) in [6.07, 6.45) is 0. The minimum atomic E-state index is -2.21. The summed E-state index contributed by atoms with van der Waals surface area (Å²) in [7, 11) is 1.39. The van der Waals surface area contributed by atoms with Crippen molar-refractivity contribution in [2.45, 2.75) is 23.6 Å². The Morgan fingerprint density at radius 2 is 1.21 bits per heavy atom. The third-order valence-corrected chi connectivity index (χ3v) is 6.76. The molecule has 0 spiro atoms. The quantitative estimate of drug-likeness (QED) is 0.438. The number of hydrogen-bond acceptors (Lipinski definition) is 3. The molecular weight excluding hydrogens is 404 g/mol. The normalized spacial score (nSPS) is 13.7. The number of fused-ring (bicyclic) bond motifs is 2. The summed E-state index contributed by atoms with van der Waals surface area (Å²) in [5.74, 6) is 0. The Morgan fingerprint density at radius 3 is 1.69 bits per heavy atom. The van der Waals surface area contributed by atoms with Gasteiger partial charge in [-0.3, -0.25) is 4.18 Å². The summed E-state index contributed by atoms with van der Waals surface area (Å²) < 4.78 is 40.2. The Balaban J connectivity index is 2.24. The summed E-state index contributed by atoms with van der Waals surface area (Å²) in [6, 6.07) is 19.1. The van der Waals surface area contributed by atoms with E-state index in [1.807, 2.05) is 62.4 Å². The van der Waals surface area contributed by atoms with Crippen LogP contribution >= 0.6 is 0 Å². The lowest BCUT2D eigenvalue weighted by Gasteiger charge is -2.17. The van der Waals surface area contributed by atoms with Crippen LogP contribution < -0.4 is 0 Å². The van der Waals surface area contributed by atoms with Crippen molar-refractivity contribution in [2.75, 3.05) is 7.11 Å². The first kappa shape index (κ1) is 19.9. The highest BCUT2D eigenvalue weighted by Gasteiger charge is 2.22. The Kier molecular flexibility index (Phi) is 5.36. The van der Waals surface area contributed by atoms with Crippen molar-refractivity contribution in [1.29, 1.82) is 0 Å². The molecule has 1 N–H and O–H groups in total. The molecule has 2 atom stereocenters. The molecule has 0 fully saturated rings. The van der Waals surface area contributed by atoms with E-state index in [1.54, 1.807) is 12.1 Å². The first-order chi connectivity index (χ1) is 13.9. The van der Waals surface area contributed by atoms with Crippen LogP contribution in [0.3, 0.4) is 0 Å². The van der Waals surface area contributed by atoms with Crippen LogP contribution in [0.1, 0.15) is 11.1 Å². The van der Waals surface area contributed by atoms with Crippen LogP contribution in [0.5, 0.6) is 0 Å². The molecule has 0 heterocycles. The van der Waals surface area contributed by atoms with Crippen molar-refractivity contribution >= 4 is 43.7 Å². The van der Waals surface area contributed by atoms with E-state index < -0.39 is 22.2 Å². The van der Waals surface area contributed by atoms with Gasteiger partial charge in [0.15, 0.2) is 22.2 Å². The predicted octanol–water partition coefficient (Wildman–Crippen LogP) is 5.53. The summed E-state index contributed by atoms with van der Waals surface area (Å²) in [5.41, 5.74) is 3.46. The molecule has 6 heteroatoms. The second kappa shape index (κ2) is 7.80. The monoisotopic (exact) mass is 424 g/mol. The molecular formula is C23H20O4S2. The van der Waals surface area contributed by atoms with E-state index >= 15 is 0 Å². The molecule has 2 unspecified atom stereocenters. The third kappa shape index (κ3) is 3.53. The molecule has 4 rings (SSSR count). The van der Waals surface area contributed by atoms with Gasteiger partial charge < -0.3 is 4.55 Å². The van der Waals surface area contributed by atoms with Crippen molar-refractivity contribution < 1.29 is 17.2 Å². The maximum absolute atomic E-state index is 12.7. The van der Waals surface area contributed by atoms with Crippen LogP contribution in [0.4, 0.5) is 0 Å². The average molecular weight is 425 g/mol. The van der Waals surface area contributed by atoms with Crippen LogP contribution in [0.2, 0.25) is 0 Å². The predicted molar refractivity (Wildman–Crippen MR) is 119 cm³/mol. The van der Waals surface area contributed by atoms with Crippen LogP contribution in [-0.2, 0) is 26.3 Å². The molecule has 4 nitrogen and oxygen atoms in total. The van der Waals surface area contributed by atoms with Gasteiger partial charge in [0.25, 0.3) is 0 Å². The van der Waals surface area contributed by atoms with E-state index in [9.17, 15) is 13.0 Å². The SMILES string of the molecule is COS(=O)c1ccc2cc(C)ccc2c1-c1c(S(=O)O)ccc2cc(C)ccc12. The molecule has 0 aliphatic heterocycles. The first-order valence-electron chi connectivity index (χ1n) is 9.05. The summed E-state index contributed by atoms with van der Waals surface area (Å²) in [6.45, 7) is 4.01. The van der Waals surface area contributed by atoms with Gasteiger partial charge in [-0.05, 0) is 47.5 Å². The number of aryl methyl sites for hydroxylation is 2. The van der Waals surface area contributed by atoms with Crippen molar-refractivity contribution in [1.82, 2.24) is 0 Å². The topological polar surface area (TPSA) is 63.6 Å². The fraction of sp³-hybridized carbons (Fsp3) is 0.130. The van der Waals surface area contributed by atoms with Gasteiger partial charge in [-0.2, -0.15) is 0 Å². The lowest BCUT2D eigenvalue weighted by molar-refractivity contribution is 0.446. The molecule has 29 heavy (non-hydrogen) atoms. The second-order valence-corrected chi connectivity index (χ2v) is 9.16. The molecule has 0 aliphatic rings. The van der Waals surface area contributed by atoms with E-state index in [0.29, 0.717) is 16.0 Å². The standard InChI is InChI=1S/C23H20O4S2/c1-14-4-8-18-16(12-14)6-10-20(28(24)25)22(18)23-19-9-5-15(2)13-17(19)7-11-21(23)29(26)27-3/h4-13H,1-3H3,(H,24,25). The zero-order valence-electron chi connectivity index (χ0n) is 16.3. The zero-order valence-corrected chi connectivity index (χ0v) is 17.9. The number of benzene rings is 4. The maximum Gasteiger partial charge on any atom is 0.189 e. The van der Waals surface area contributed by atoms with Crippen molar-refractivity contribution in [2.24, 2.45) is 0 Å². The van der Waals surface area contributed by atoms with Gasteiger partial charge in [0.1, 0.15) is 0 Å². The molecule has 0 bridgehead atoms. The first-order valence-corrected chi connectivity index (χ1v) is 11.2. The highest BCUT2D eigenvalue weighted by Crippen LogP contribution is 2.41. The summed E-state index contributed by atoms with van der Waals surface area (Å²) in [4.78, 5) is 0.757. The van der Waals surface area contributed by atoms with Crippen molar-refractivity contribution in [3.8, 4) is 11.1 Å². The molecule has 0 saturated heterocycles. The highest BCUT2D eigenvalue weighted by molar-refractivity contribution is 7.80. The van der Waals surface area contributed by atoms with Gasteiger partial charge in [0.2, 0.25) is 0 Å². The lowest BCUT2D eigenvalue weighted by atomic mass is 9.92. The Labute approximate surface area is 174 Å². The Hall–Kier alpha value is -2.38. The van der Waals surface area contributed by atoms with Crippen LogP contribution in [0.15, 0.2) is 70.5 Å². The highest BCUT2D eigenvalue weighted by atomic mass is 32.2. The van der Waals surface area contributed by atoms with Crippen molar-refractivity contribution in [3.63, 3.8) is 0 Å². The van der Waals surface area contributed by atoms with Gasteiger partial charge in [0, 0.05) is 11.1 Å². The molecule has 0 aliphatic carbocycles. The van der Waals surface area contributed by atoms with Gasteiger partial charge in [-0.25, -0.2) is 8.42 Å². The molecule has 4 aromatic carbocycles. The van der Waals surface area contributed by atoms with E-state index in [0.717, 1.165) is 32.7 Å². The molecule has 148 valence electrons. The van der Waals surface area contributed by atoms with Gasteiger partial charge in [-0.15, -0.1) is 0 Å². The second-order valence-electron chi connectivity index (χ2n) is 6.98. The summed E-state index contributed by atoms with van der Waals surface area (Å²) >= 11 is -3.93. The smallest absolute Gasteiger partial charge is 0.189 e. The minimum Gasteiger partial charge on any atom is -0.302 e. The molecule has 4 aromatic rings. The maximum atomic E-state index is 12.7.